The van der Waals surface area contributed by atoms with Crippen LogP contribution in [0.5, 0.6) is 5.75 Å². The maximum absolute atomic E-state index is 5.99. The van der Waals surface area contributed by atoms with E-state index in [2.05, 4.69) is 5.32 Å². The van der Waals surface area contributed by atoms with Crippen molar-refractivity contribution in [1.29, 1.82) is 0 Å². The van der Waals surface area contributed by atoms with Gasteiger partial charge >= 0.3 is 0 Å². The van der Waals surface area contributed by atoms with Gasteiger partial charge in [-0.05, 0) is 25.0 Å². The molecule has 0 aromatic heterocycles. The van der Waals surface area contributed by atoms with Gasteiger partial charge in [-0.2, -0.15) is 0 Å². The number of para-hydroxylation sites is 1. The van der Waals surface area contributed by atoms with Crippen molar-refractivity contribution in [3.8, 4) is 5.75 Å². The molecule has 3 N–H and O–H groups in total. The van der Waals surface area contributed by atoms with E-state index in [1.54, 1.807) is 0 Å². The minimum absolute atomic E-state index is 0.774. The number of allylic oxidation sites excluding steroid dienone is 3. The van der Waals surface area contributed by atoms with E-state index in [-0.39, 0.29) is 0 Å². The van der Waals surface area contributed by atoms with Crippen molar-refractivity contribution in [2.75, 3.05) is 7.05 Å². The second-order valence-electron chi connectivity index (χ2n) is 4.06. The fourth-order valence-corrected chi connectivity index (χ4v) is 1.91. The zero-order chi connectivity index (χ0) is 14.1. The van der Waals surface area contributed by atoms with Crippen molar-refractivity contribution in [1.82, 2.24) is 5.32 Å². The van der Waals surface area contributed by atoms with Crippen molar-refractivity contribution in [2.24, 2.45) is 5.73 Å². The highest BCUT2D eigenvalue weighted by atomic mass is 16.5. The highest BCUT2D eigenvalue weighted by Crippen LogP contribution is 2.22. The molecule has 0 bridgehead atoms. The van der Waals surface area contributed by atoms with Crippen LogP contribution < -0.4 is 15.8 Å². The minimum atomic E-state index is 0.774. The van der Waals surface area contributed by atoms with Crippen LogP contribution in [0.3, 0.4) is 0 Å². The molecule has 0 amide bonds. The van der Waals surface area contributed by atoms with E-state index >= 15 is 0 Å². The van der Waals surface area contributed by atoms with Crippen LogP contribution in [0.1, 0.15) is 33.1 Å². The third kappa shape index (κ3) is 4.70. The van der Waals surface area contributed by atoms with Crippen molar-refractivity contribution >= 4 is 0 Å². The second kappa shape index (κ2) is 8.25. The van der Waals surface area contributed by atoms with Gasteiger partial charge in [0.2, 0.25) is 0 Å². The van der Waals surface area contributed by atoms with Crippen LogP contribution in [0.25, 0.3) is 0 Å². The third-order valence-electron chi connectivity index (χ3n) is 2.81. The molecular weight excluding hydrogens is 236 g/mol. The van der Waals surface area contributed by atoms with Gasteiger partial charge in [-0.15, -0.1) is 0 Å². The van der Waals surface area contributed by atoms with Crippen LogP contribution in [-0.2, 0) is 0 Å². The van der Waals surface area contributed by atoms with Gasteiger partial charge < -0.3 is 15.8 Å². The molecule has 0 saturated carbocycles. The predicted octanol–water partition coefficient (Wildman–Crippen LogP) is 3.55. The standard InChI is InChI=1S/C14H18N2O.C2H6/c1-16-14-9-5-8-12(10-13(14)15)17-11-6-3-2-4-7-11;1-2/h2-4,6-7,10,16H,5,8-9,15H2,1H3;1-2H3. The molecule has 1 aromatic carbocycles. The first-order valence-corrected chi connectivity index (χ1v) is 6.89. The zero-order valence-electron chi connectivity index (χ0n) is 12.1. The molecule has 0 radical (unpaired) electrons. The summed E-state index contributed by atoms with van der Waals surface area (Å²) >= 11 is 0. The molecule has 1 aromatic rings. The molecule has 0 saturated heterocycles. The number of hydrogen-bond donors (Lipinski definition) is 2. The summed E-state index contributed by atoms with van der Waals surface area (Å²) in [4.78, 5) is 0. The molecule has 1 aliphatic carbocycles. The molecule has 0 fully saturated rings. The van der Waals surface area contributed by atoms with Gasteiger partial charge in [-0.25, -0.2) is 0 Å². The molecule has 19 heavy (non-hydrogen) atoms. The lowest BCUT2D eigenvalue weighted by atomic mass is 10.2. The van der Waals surface area contributed by atoms with Gasteiger partial charge in [0, 0.05) is 25.2 Å². The van der Waals surface area contributed by atoms with Crippen molar-refractivity contribution in [3.63, 3.8) is 0 Å². The van der Waals surface area contributed by atoms with Crippen LogP contribution >= 0.6 is 0 Å². The fraction of sp³-hybridized carbons (Fsp3) is 0.375. The molecule has 0 aliphatic heterocycles. The Morgan fingerprint density at radius 1 is 1.11 bits per heavy atom. The normalized spacial score (nSPS) is 14.8. The lowest BCUT2D eigenvalue weighted by Crippen LogP contribution is -2.12. The van der Waals surface area contributed by atoms with E-state index in [4.69, 9.17) is 10.5 Å². The maximum Gasteiger partial charge on any atom is 0.126 e. The number of ether oxygens (including phenoxy) is 1. The molecule has 2 rings (SSSR count). The summed E-state index contributed by atoms with van der Waals surface area (Å²) in [6.45, 7) is 4.00. The molecule has 3 heteroatoms. The maximum atomic E-state index is 5.99. The SMILES string of the molecule is CC.CNC1=C(N)C=C(Oc2ccccc2)CCC1. The van der Waals surface area contributed by atoms with E-state index in [0.717, 1.165) is 42.2 Å². The summed E-state index contributed by atoms with van der Waals surface area (Å²) in [7, 11) is 1.90. The zero-order valence-corrected chi connectivity index (χ0v) is 12.1. The summed E-state index contributed by atoms with van der Waals surface area (Å²) in [6, 6.07) is 9.80. The summed E-state index contributed by atoms with van der Waals surface area (Å²) < 4.78 is 5.82. The van der Waals surface area contributed by atoms with Crippen LogP contribution in [-0.4, -0.2) is 7.05 Å². The summed E-state index contributed by atoms with van der Waals surface area (Å²) in [5, 5.41) is 3.13. The fourth-order valence-electron chi connectivity index (χ4n) is 1.91. The summed E-state index contributed by atoms with van der Waals surface area (Å²) in [5.74, 6) is 1.79. The Morgan fingerprint density at radius 3 is 2.42 bits per heavy atom. The van der Waals surface area contributed by atoms with Crippen molar-refractivity contribution < 1.29 is 4.74 Å². The van der Waals surface area contributed by atoms with Gasteiger partial charge in [-0.1, -0.05) is 32.0 Å². The third-order valence-corrected chi connectivity index (χ3v) is 2.81. The average molecular weight is 260 g/mol. The average Bonchev–Trinajstić information content (AvgIpc) is 2.63. The number of nitrogens with two attached hydrogens (primary N) is 1. The predicted molar refractivity (Wildman–Crippen MR) is 80.6 cm³/mol. The van der Waals surface area contributed by atoms with E-state index in [1.807, 2.05) is 57.3 Å². The van der Waals surface area contributed by atoms with Crippen LogP contribution in [0.4, 0.5) is 0 Å². The quantitative estimate of drug-likeness (QED) is 0.873. The van der Waals surface area contributed by atoms with E-state index in [1.165, 1.54) is 0 Å². The van der Waals surface area contributed by atoms with Gasteiger partial charge in [0.25, 0.3) is 0 Å². The highest BCUT2D eigenvalue weighted by Gasteiger charge is 2.10. The molecule has 3 nitrogen and oxygen atoms in total. The largest absolute Gasteiger partial charge is 0.462 e. The smallest absolute Gasteiger partial charge is 0.126 e. The Hall–Kier alpha value is -1.90. The highest BCUT2D eigenvalue weighted by molar-refractivity contribution is 5.29. The first kappa shape index (κ1) is 15.2. The Kier molecular flexibility index (Phi) is 6.58. The Bertz CT molecular complexity index is 435. The Labute approximate surface area is 116 Å². The lowest BCUT2D eigenvalue weighted by molar-refractivity contribution is 0.400. The lowest BCUT2D eigenvalue weighted by Gasteiger charge is -2.08. The number of hydrogen-bond acceptors (Lipinski definition) is 3. The van der Waals surface area contributed by atoms with E-state index < -0.39 is 0 Å². The topological polar surface area (TPSA) is 47.3 Å². The molecule has 0 atom stereocenters. The number of rotatable bonds is 3. The molecular formula is C16H24N2O. The molecule has 0 spiro atoms. The number of benzene rings is 1. The van der Waals surface area contributed by atoms with Crippen molar-refractivity contribution in [3.05, 3.63) is 53.6 Å². The summed E-state index contributed by atoms with van der Waals surface area (Å²) in [6.07, 6.45) is 4.86. The van der Waals surface area contributed by atoms with Crippen molar-refractivity contribution in [2.45, 2.75) is 33.1 Å². The minimum Gasteiger partial charge on any atom is -0.462 e. The van der Waals surface area contributed by atoms with E-state index in [9.17, 15) is 0 Å². The van der Waals surface area contributed by atoms with Crippen LogP contribution in [0, 0.1) is 0 Å². The molecule has 104 valence electrons. The van der Waals surface area contributed by atoms with Gasteiger partial charge in [0.15, 0.2) is 0 Å². The second-order valence-corrected chi connectivity index (χ2v) is 4.06. The van der Waals surface area contributed by atoms with Gasteiger partial charge in [0.1, 0.15) is 11.5 Å². The first-order valence-electron chi connectivity index (χ1n) is 6.89. The Morgan fingerprint density at radius 2 is 1.79 bits per heavy atom. The van der Waals surface area contributed by atoms with Crippen LogP contribution in [0.2, 0.25) is 0 Å². The molecule has 0 heterocycles. The van der Waals surface area contributed by atoms with E-state index in [0.29, 0.717) is 0 Å². The van der Waals surface area contributed by atoms with Gasteiger partial charge in [-0.3, -0.25) is 0 Å². The number of nitrogens with one attached hydrogen (secondary N) is 1. The molecule has 0 unspecified atom stereocenters. The molecule has 1 aliphatic rings. The van der Waals surface area contributed by atoms with Crippen LogP contribution in [0.15, 0.2) is 53.6 Å². The Balaban J connectivity index is 0.000000861. The van der Waals surface area contributed by atoms with Gasteiger partial charge in [0.05, 0.1) is 5.70 Å². The monoisotopic (exact) mass is 260 g/mol. The first-order chi connectivity index (χ1) is 9.29. The summed E-state index contributed by atoms with van der Waals surface area (Å²) in [5.41, 5.74) is 7.86.